The maximum Gasteiger partial charge on any atom is 0.272 e. The summed E-state index contributed by atoms with van der Waals surface area (Å²) in [6.07, 6.45) is 12.8. The Morgan fingerprint density at radius 1 is 1.15 bits per heavy atom. The number of hydrogen-bond donors (Lipinski definition) is 1. The van der Waals surface area contributed by atoms with Crippen LogP contribution in [-0.4, -0.2) is 36.2 Å². The van der Waals surface area contributed by atoms with E-state index in [0.717, 1.165) is 73.2 Å². The van der Waals surface area contributed by atoms with E-state index in [1.54, 1.807) is 0 Å². The fourth-order valence-corrected chi connectivity index (χ4v) is 5.21. The topological polar surface area (TPSA) is 44.7 Å². The molecule has 1 atom stereocenters. The predicted molar refractivity (Wildman–Crippen MR) is 136 cm³/mol. The van der Waals surface area contributed by atoms with Crippen LogP contribution in [0.3, 0.4) is 0 Å². The van der Waals surface area contributed by atoms with E-state index in [0.29, 0.717) is 23.1 Å². The Morgan fingerprint density at radius 3 is 2.62 bits per heavy atom. The lowest BCUT2D eigenvalue weighted by atomic mass is 9.88. The highest BCUT2D eigenvalue weighted by atomic mass is 19.1. The Balaban J connectivity index is 1.45. The SMILES string of the molecule is CN/C(=C\C(=NC1=CC(c2cccc(C3CC3)c2F)=C1C)C(=O)N1CCCCCC1C)C1CC1. The number of nitrogens with zero attached hydrogens (tertiary/aromatic N) is 2. The second-order valence-electron chi connectivity index (χ2n) is 10.4. The maximum atomic E-state index is 15.2. The largest absolute Gasteiger partial charge is 0.391 e. The second kappa shape index (κ2) is 9.52. The summed E-state index contributed by atoms with van der Waals surface area (Å²) in [6.45, 7) is 4.91. The van der Waals surface area contributed by atoms with Gasteiger partial charge in [-0.05, 0) is 93.1 Å². The highest BCUT2D eigenvalue weighted by molar-refractivity contribution is 6.43. The molecule has 4 nitrogen and oxygen atoms in total. The summed E-state index contributed by atoms with van der Waals surface area (Å²) in [7, 11) is 1.92. The first kappa shape index (κ1) is 23.1. The van der Waals surface area contributed by atoms with Crippen LogP contribution in [0.25, 0.3) is 5.57 Å². The zero-order valence-corrected chi connectivity index (χ0v) is 20.7. The lowest BCUT2D eigenvalue weighted by molar-refractivity contribution is -0.125. The fraction of sp³-hybridized carbons (Fsp3) is 0.517. The summed E-state index contributed by atoms with van der Waals surface area (Å²) in [5.41, 5.74) is 5.68. The van der Waals surface area contributed by atoms with Crippen molar-refractivity contribution in [3.63, 3.8) is 0 Å². The molecule has 1 saturated heterocycles. The second-order valence-corrected chi connectivity index (χ2v) is 10.4. The van der Waals surface area contributed by atoms with Gasteiger partial charge in [-0.2, -0.15) is 0 Å². The van der Waals surface area contributed by atoms with Crippen molar-refractivity contribution in [1.29, 1.82) is 0 Å². The van der Waals surface area contributed by atoms with Gasteiger partial charge in [0.25, 0.3) is 5.91 Å². The maximum absolute atomic E-state index is 15.2. The number of benzene rings is 1. The number of carbonyl (C=O) groups excluding carboxylic acids is 1. The predicted octanol–water partition coefficient (Wildman–Crippen LogP) is 6.12. The monoisotopic (exact) mass is 461 g/mol. The normalized spacial score (nSPS) is 23.9. The van der Waals surface area contributed by atoms with Crippen molar-refractivity contribution in [1.82, 2.24) is 10.2 Å². The third-order valence-corrected chi connectivity index (χ3v) is 7.78. The van der Waals surface area contributed by atoms with Gasteiger partial charge in [-0.1, -0.05) is 31.0 Å². The molecule has 1 aromatic carbocycles. The smallest absolute Gasteiger partial charge is 0.272 e. The van der Waals surface area contributed by atoms with Gasteiger partial charge >= 0.3 is 0 Å². The van der Waals surface area contributed by atoms with Gasteiger partial charge in [0.15, 0.2) is 0 Å². The van der Waals surface area contributed by atoms with Crippen LogP contribution < -0.4 is 5.32 Å². The highest BCUT2D eigenvalue weighted by Gasteiger charge is 2.31. The Kier molecular flexibility index (Phi) is 6.46. The van der Waals surface area contributed by atoms with Gasteiger partial charge < -0.3 is 10.2 Å². The molecule has 1 aliphatic heterocycles. The van der Waals surface area contributed by atoms with Crippen LogP contribution >= 0.6 is 0 Å². The highest BCUT2D eigenvalue weighted by Crippen LogP contribution is 2.44. The molecular formula is C29H36FN3O. The van der Waals surface area contributed by atoms with Crippen LogP contribution in [0.4, 0.5) is 4.39 Å². The molecule has 0 bridgehead atoms. The molecule has 34 heavy (non-hydrogen) atoms. The van der Waals surface area contributed by atoms with Crippen molar-refractivity contribution in [2.75, 3.05) is 13.6 Å². The molecule has 0 spiro atoms. The molecule has 0 radical (unpaired) electrons. The molecule has 3 aliphatic carbocycles. The van der Waals surface area contributed by atoms with E-state index in [-0.39, 0.29) is 17.8 Å². The van der Waals surface area contributed by atoms with E-state index in [1.165, 1.54) is 12.8 Å². The molecule has 2 saturated carbocycles. The lowest BCUT2D eigenvalue weighted by Crippen LogP contribution is -2.42. The van der Waals surface area contributed by atoms with Crippen molar-refractivity contribution in [3.8, 4) is 0 Å². The van der Waals surface area contributed by atoms with E-state index < -0.39 is 0 Å². The Hall–Kier alpha value is -2.69. The van der Waals surface area contributed by atoms with Crippen LogP contribution in [-0.2, 0) is 4.79 Å². The molecule has 0 aromatic heterocycles. The first-order valence-electron chi connectivity index (χ1n) is 13.0. The lowest BCUT2D eigenvalue weighted by Gasteiger charge is -2.28. The number of rotatable bonds is 7. The number of halogens is 1. The molecule has 5 heteroatoms. The van der Waals surface area contributed by atoms with Crippen molar-refractivity contribution in [3.05, 3.63) is 64.3 Å². The number of likely N-dealkylation sites (tertiary alicyclic amines) is 1. The van der Waals surface area contributed by atoms with Crippen LogP contribution in [0.2, 0.25) is 0 Å². The van der Waals surface area contributed by atoms with E-state index in [1.807, 2.05) is 49.2 Å². The molecule has 1 heterocycles. The van der Waals surface area contributed by atoms with Crippen molar-refractivity contribution >= 4 is 17.2 Å². The summed E-state index contributed by atoms with van der Waals surface area (Å²) < 4.78 is 15.2. The minimum atomic E-state index is -0.0978. The number of aliphatic imine (C=N–C) groups is 1. The minimum Gasteiger partial charge on any atom is -0.391 e. The van der Waals surface area contributed by atoms with E-state index >= 15 is 4.39 Å². The Morgan fingerprint density at radius 2 is 1.94 bits per heavy atom. The first-order chi connectivity index (χ1) is 16.5. The minimum absolute atomic E-state index is 0.00635. The van der Waals surface area contributed by atoms with Gasteiger partial charge in [-0.3, -0.25) is 4.79 Å². The van der Waals surface area contributed by atoms with E-state index in [4.69, 9.17) is 4.99 Å². The van der Waals surface area contributed by atoms with Crippen LogP contribution in [0.15, 0.2) is 52.3 Å². The van der Waals surface area contributed by atoms with Crippen LogP contribution in [0.1, 0.15) is 82.3 Å². The Labute approximate surface area is 202 Å². The van der Waals surface area contributed by atoms with Crippen molar-refractivity contribution < 1.29 is 9.18 Å². The van der Waals surface area contributed by atoms with Gasteiger partial charge in [-0.15, -0.1) is 0 Å². The third-order valence-electron chi connectivity index (χ3n) is 7.78. The average molecular weight is 462 g/mol. The molecule has 3 fully saturated rings. The molecule has 1 unspecified atom stereocenters. The fourth-order valence-electron chi connectivity index (χ4n) is 5.21. The molecule has 5 rings (SSSR count). The van der Waals surface area contributed by atoms with Crippen molar-refractivity contribution in [2.45, 2.75) is 77.2 Å². The van der Waals surface area contributed by atoms with E-state index in [9.17, 15) is 4.79 Å². The summed E-state index contributed by atoms with van der Waals surface area (Å²) in [5.74, 6) is 0.771. The third kappa shape index (κ3) is 4.62. The summed E-state index contributed by atoms with van der Waals surface area (Å²) in [5, 5.41) is 3.29. The number of carbonyl (C=O) groups is 1. The quantitative estimate of drug-likeness (QED) is 0.497. The number of hydrogen-bond acceptors (Lipinski definition) is 3. The van der Waals surface area contributed by atoms with E-state index in [2.05, 4.69) is 12.2 Å². The zero-order valence-electron chi connectivity index (χ0n) is 20.7. The molecule has 4 aliphatic rings. The van der Waals surface area contributed by atoms with Gasteiger partial charge in [0.05, 0.1) is 5.70 Å². The number of allylic oxidation sites excluding steroid dienone is 4. The van der Waals surface area contributed by atoms with Gasteiger partial charge in [0.1, 0.15) is 11.5 Å². The summed E-state index contributed by atoms with van der Waals surface area (Å²) in [6, 6.07) is 5.94. The summed E-state index contributed by atoms with van der Waals surface area (Å²) >= 11 is 0. The van der Waals surface area contributed by atoms with Gasteiger partial charge in [0.2, 0.25) is 0 Å². The molecule has 1 amide bonds. The first-order valence-corrected chi connectivity index (χ1v) is 13.0. The molecular weight excluding hydrogens is 425 g/mol. The molecule has 1 N–H and O–H groups in total. The number of amides is 1. The number of nitrogens with one attached hydrogen (secondary N) is 1. The van der Waals surface area contributed by atoms with Gasteiger partial charge in [0, 0.05) is 30.9 Å². The zero-order chi connectivity index (χ0) is 23.8. The Bertz CT molecular complexity index is 1100. The average Bonchev–Trinajstić information content (AvgIpc) is 3.71. The molecule has 1 aromatic rings. The van der Waals surface area contributed by atoms with Crippen molar-refractivity contribution in [2.24, 2.45) is 10.9 Å². The standard InChI is InChI=1S/C29H36FN3O/c1-18-8-5-4-6-15-33(18)29(34)27(17-26(31-3)21-13-14-21)32-25-16-24(19(25)2)23-10-7-9-22(28(23)30)20-11-12-20/h7,9-10,16-18,20-21,31H,4-6,8,11-15H2,1-3H3/b26-17-,32-27?. The molecule has 180 valence electrons. The van der Waals surface area contributed by atoms with Crippen LogP contribution in [0, 0.1) is 11.7 Å². The summed E-state index contributed by atoms with van der Waals surface area (Å²) in [4.78, 5) is 20.6. The van der Waals surface area contributed by atoms with Crippen LogP contribution in [0.5, 0.6) is 0 Å². The van der Waals surface area contributed by atoms with Gasteiger partial charge in [-0.25, -0.2) is 9.38 Å².